The fourth-order valence-electron chi connectivity index (χ4n) is 2.25. The molecule has 3 nitrogen and oxygen atoms in total. The van der Waals surface area contributed by atoms with Gasteiger partial charge in [-0.1, -0.05) is 42.5 Å². The van der Waals surface area contributed by atoms with Crippen LogP contribution in [0, 0.1) is 0 Å². The molecule has 0 heterocycles. The zero-order chi connectivity index (χ0) is 14.9. The van der Waals surface area contributed by atoms with Gasteiger partial charge in [-0.3, -0.25) is 0 Å². The Morgan fingerprint density at radius 1 is 0.952 bits per heavy atom. The second kappa shape index (κ2) is 8.32. The molecule has 2 aromatic carbocycles. The molecule has 0 amide bonds. The SMILES string of the molecule is CCOc1cccc(CN)c1OCCCc1ccccc1. The summed E-state index contributed by atoms with van der Waals surface area (Å²) in [4.78, 5) is 0. The van der Waals surface area contributed by atoms with E-state index in [1.165, 1.54) is 5.56 Å². The minimum absolute atomic E-state index is 0.453. The highest BCUT2D eigenvalue weighted by Gasteiger charge is 2.09. The molecule has 0 unspecified atom stereocenters. The molecule has 0 aliphatic heterocycles. The van der Waals surface area contributed by atoms with E-state index in [1.54, 1.807) is 0 Å². The number of nitrogens with two attached hydrogens (primary N) is 1. The quantitative estimate of drug-likeness (QED) is 0.754. The number of rotatable bonds is 8. The van der Waals surface area contributed by atoms with E-state index < -0.39 is 0 Å². The third-order valence-corrected chi connectivity index (χ3v) is 3.28. The second-order valence-corrected chi connectivity index (χ2v) is 4.82. The van der Waals surface area contributed by atoms with Crippen molar-refractivity contribution in [2.45, 2.75) is 26.3 Å². The summed E-state index contributed by atoms with van der Waals surface area (Å²) in [6, 6.07) is 16.3. The minimum Gasteiger partial charge on any atom is -0.490 e. The lowest BCUT2D eigenvalue weighted by atomic mass is 10.1. The van der Waals surface area contributed by atoms with E-state index in [0.717, 1.165) is 29.9 Å². The molecule has 21 heavy (non-hydrogen) atoms. The first kappa shape index (κ1) is 15.4. The van der Waals surface area contributed by atoms with Gasteiger partial charge < -0.3 is 15.2 Å². The Balaban J connectivity index is 1.92. The lowest BCUT2D eigenvalue weighted by Gasteiger charge is -2.15. The van der Waals surface area contributed by atoms with Gasteiger partial charge in [-0.25, -0.2) is 0 Å². The minimum atomic E-state index is 0.453. The molecular formula is C18H23NO2. The van der Waals surface area contributed by atoms with Crippen LogP contribution in [0.3, 0.4) is 0 Å². The van der Waals surface area contributed by atoms with Gasteiger partial charge in [-0.15, -0.1) is 0 Å². The van der Waals surface area contributed by atoms with E-state index >= 15 is 0 Å². The van der Waals surface area contributed by atoms with Crippen molar-refractivity contribution >= 4 is 0 Å². The third-order valence-electron chi connectivity index (χ3n) is 3.28. The molecule has 0 aliphatic carbocycles. The fourth-order valence-corrected chi connectivity index (χ4v) is 2.25. The van der Waals surface area contributed by atoms with E-state index in [-0.39, 0.29) is 0 Å². The Kier molecular flexibility index (Phi) is 6.10. The predicted octanol–water partition coefficient (Wildman–Crippen LogP) is 3.56. The van der Waals surface area contributed by atoms with Gasteiger partial charge in [0.2, 0.25) is 0 Å². The summed E-state index contributed by atoms with van der Waals surface area (Å²) in [6.45, 7) is 3.70. The van der Waals surface area contributed by atoms with E-state index in [1.807, 2.05) is 31.2 Å². The van der Waals surface area contributed by atoms with Crippen LogP contribution in [0.15, 0.2) is 48.5 Å². The van der Waals surface area contributed by atoms with E-state index in [4.69, 9.17) is 15.2 Å². The molecule has 0 atom stereocenters. The number of para-hydroxylation sites is 1. The maximum atomic E-state index is 5.93. The normalized spacial score (nSPS) is 10.4. The van der Waals surface area contributed by atoms with Crippen molar-refractivity contribution < 1.29 is 9.47 Å². The smallest absolute Gasteiger partial charge is 0.165 e. The molecule has 2 N–H and O–H groups in total. The number of benzene rings is 2. The topological polar surface area (TPSA) is 44.5 Å². The zero-order valence-electron chi connectivity index (χ0n) is 12.5. The van der Waals surface area contributed by atoms with Gasteiger partial charge in [0.25, 0.3) is 0 Å². The first-order valence-electron chi connectivity index (χ1n) is 7.46. The molecule has 2 rings (SSSR count). The van der Waals surface area contributed by atoms with Gasteiger partial charge in [-0.05, 0) is 31.4 Å². The summed E-state index contributed by atoms with van der Waals surface area (Å²) in [7, 11) is 0. The van der Waals surface area contributed by atoms with Crippen LogP contribution in [0.1, 0.15) is 24.5 Å². The largest absolute Gasteiger partial charge is 0.490 e. The Morgan fingerprint density at radius 3 is 2.48 bits per heavy atom. The van der Waals surface area contributed by atoms with Gasteiger partial charge in [0.1, 0.15) is 0 Å². The summed E-state index contributed by atoms with van der Waals surface area (Å²) >= 11 is 0. The molecule has 3 heteroatoms. The van der Waals surface area contributed by atoms with Crippen molar-refractivity contribution in [3.8, 4) is 11.5 Å². The van der Waals surface area contributed by atoms with Crippen molar-refractivity contribution in [3.05, 3.63) is 59.7 Å². The lowest BCUT2D eigenvalue weighted by molar-refractivity contribution is 0.271. The maximum absolute atomic E-state index is 5.93. The molecule has 0 saturated heterocycles. The highest BCUT2D eigenvalue weighted by atomic mass is 16.5. The summed E-state index contributed by atoms with van der Waals surface area (Å²) in [5, 5.41) is 0. The van der Waals surface area contributed by atoms with Gasteiger partial charge in [-0.2, -0.15) is 0 Å². The van der Waals surface area contributed by atoms with Gasteiger partial charge in [0, 0.05) is 12.1 Å². The van der Waals surface area contributed by atoms with Crippen molar-refractivity contribution in [2.75, 3.05) is 13.2 Å². The van der Waals surface area contributed by atoms with E-state index in [2.05, 4.69) is 24.3 Å². The van der Waals surface area contributed by atoms with Crippen LogP contribution in [0.5, 0.6) is 11.5 Å². The van der Waals surface area contributed by atoms with Gasteiger partial charge >= 0.3 is 0 Å². The summed E-state index contributed by atoms with van der Waals surface area (Å²) in [5.74, 6) is 1.56. The zero-order valence-corrected chi connectivity index (χ0v) is 12.5. The molecule has 0 spiro atoms. The average Bonchev–Trinajstić information content (AvgIpc) is 2.53. The third kappa shape index (κ3) is 4.50. The standard InChI is InChI=1S/C18H23NO2/c1-2-20-17-12-6-11-16(14-19)18(17)21-13-7-10-15-8-4-3-5-9-15/h3-6,8-9,11-12H,2,7,10,13-14,19H2,1H3. The lowest BCUT2D eigenvalue weighted by Crippen LogP contribution is -2.07. The van der Waals surface area contributed by atoms with Crippen LogP contribution in [0.4, 0.5) is 0 Å². The Labute approximate surface area is 126 Å². The first-order chi connectivity index (χ1) is 10.3. The molecule has 0 saturated carbocycles. The van der Waals surface area contributed by atoms with Crippen LogP contribution >= 0.6 is 0 Å². The molecule has 0 aliphatic rings. The molecule has 0 bridgehead atoms. The maximum Gasteiger partial charge on any atom is 0.165 e. The summed E-state index contributed by atoms with van der Waals surface area (Å²) < 4.78 is 11.5. The van der Waals surface area contributed by atoms with Crippen LogP contribution in [0.2, 0.25) is 0 Å². The Morgan fingerprint density at radius 2 is 1.76 bits per heavy atom. The molecule has 0 fully saturated rings. The molecule has 0 radical (unpaired) electrons. The van der Waals surface area contributed by atoms with E-state index in [0.29, 0.717) is 19.8 Å². The number of ether oxygens (including phenoxy) is 2. The molecule has 2 aromatic rings. The van der Waals surface area contributed by atoms with Crippen LogP contribution in [-0.2, 0) is 13.0 Å². The Hall–Kier alpha value is -2.00. The van der Waals surface area contributed by atoms with Crippen molar-refractivity contribution in [3.63, 3.8) is 0 Å². The molecular weight excluding hydrogens is 262 g/mol. The highest BCUT2D eigenvalue weighted by molar-refractivity contribution is 5.46. The Bertz CT molecular complexity index is 540. The number of aryl methyl sites for hydroxylation is 1. The van der Waals surface area contributed by atoms with Gasteiger partial charge in [0.15, 0.2) is 11.5 Å². The number of hydrogen-bond donors (Lipinski definition) is 1. The van der Waals surface area contributed by atoms with Crippen LogP contribution in [0.25, 0.3) is 0 Å². The molecule has 0 aromatic heterocycles. The van der Waals surface area contributed by atoms with Gasteiger partial charge in [0.05, 0.1) is 13.2 Å². The van der Waals surface area contributed by atoms with Crippen LogP contribution in [-0.4, -0.2) is 13.2 Å². The second-order valence-electron chi connectivity index (χ2n) is 4.82. The summed E-state index contributed by atoms with van der Waals surface area (Å²) in [5.41, 5.74) is 8.09. The van der Waals surface area contributed by atoms with Crippen LogP contribution < -0.4 is 15.2 Å². The molecule has 112 valence electrons. The monoisotopic (exact) mass is 285 g/mol. The van der Waals surface area contributed by atoms with Crippen molar-refractivity contribution in [2.24, 2.45) is 5.73 Å². The first-order valence-corrected chi connectivity index (χ1v) is 7.46. The van der Waals surface area contributed by atoms with Crippen molar-refractivity contribution in [1.82, 2.24) is 0 Å². The summed E-state index contributed by atoms with van der Waals surface area (Å²) in [6.07, 6.45) is 1.98. The number of hydrogen-bond acceptors (Lipinski definition) is 3. The fraction of sp³-hybridized carbons (Fsp3) is 0.333. The highest BCUT2D eigenvalue weighted by Crippen LogP contribution is 2.31. The predicted molar refractivity (Wildman–Crippen MR) is 85.8 cm³/mol. The average molecular weight is 285 g/mol. The van der Waals surface area contributed by atoms with E-state index in [9.17, 15) is 0 Å². The van der Waals surface area contributed by atoms with Crippen molar-refractivity contribution in [1.29, 1.82) is 0 Å².